The molecule has 1 aliphatic rings. The lowest BCUT2D eigenvalue weighted by Crippen LogP contribution is -2.61. The Bertz CT molecular complexity index is 420. The third-order valence-corrected chi connectivity index (χ3v) is 4.60. The van der Waals surface area contributed by atoms with Crippen molar-refractivity contribution >= 4 is 44.2 Å². The van der Waals surface area contributed by atoms with Crippen LogP contribution in [-0.4, -0.2) is 24.7 Å². The van der Waals surface area contributed by atoms with Crippen LogP contribution in [0.3, 0.4) is 0 Å². The van der Waals surface area contributed by atoms with E-state index in [9.17, 15) is 0 Å². The van der Waals surface area contributed by atoms with Gasteiger partial charge in [0.2, 0.25) is 0 Å². The fraction of sp³-hybridized carbons (Fsp3) is 0.538. The van der Waals surface area contributed by atoms with Crippen LogP contribution in [0.15, 0.2) is 22.7 Å². The number of halogens is 2. The van der Waals surface area contributed by atoms with Gasteiger partial charge < -0.3 is 10.2 Å². The summed E-state index contributed by atoms with van der Waals surface area (Å²) in [5.74, 6) is 0. The zero-order valence-electron chi connectivity index (χ0n) is 10.4. The average Bonchev–Trinajstić information content (AvgIpc) is 2.25. The molecule has 1 N–H and O–H groups in total. The Balaban J connectivity index is 2.34. The summed E-state index contributed by atoms with van der Waals surface area (Å²) in [6.07, 6.45) is 0. The summed E-state index contributed by atoms with van der Waals surface area (Å²) in [5.41, 5.74) is 1.51. The molecule has 2 rings (SSSR count). The number of piperazine rings is 1. The van der Waals surface area contributed by atoms with Crippen molar-refractivity contribution in [3.8, 4) is 0 Å². The monoisotopic (exact) mass is 408 g/mol. The zero-order chi connectivity index (χ0) is 12.6. The summed E-state index contributed by atoms with van der Waals surface area (Å²) in [5, 5.41) is 3.59. The minimum absolute atomic E-state index is 0.178. The van der Waals surface area contributed by atoms with Gasteiger partial charge >= 0.3 is 0 Å². The summed E-state index contributed by atoms with van der Waals surface area (Å²) < 4.78 is 2.46. The molecule has 2 nitrogen and oxygen atoms in total. The summed E-state index contributed by atoms with van der Waals surface area (Å²) >= 11 is 5.98. The van der Waals surface area contributed by atoms with Gasteiger partial charge in [-0.05, 0) is 61.6 Å². The first-order chi connectivity index (χ1) is 7.89. The smallest absolute Gasteiger partial charge is 0.0516 e. The van der Waals surface area contributed by atoms with Crippen LogP contribution in [0.5, 0.6) is 0 Å². The molecule has 1 fully saturated rings. The Morgan fingerprint density at radius 3 is 2.88 bits per heavy atom. The van der Waals surface area contributed by atoms with Gasteiger partial charge in [-0.15, -0.1) is 0 Å². The topological polar surface area (TPSA) is 15.3 Å². The quantitative estimate of drug-likeness (QED) is 0.713. The molecular weight excluding hydrogens is 391 g/mol. The maximum Gasteiger partial charge on any atom is 0.0516 e. The summed E-state index contributed by atoms with van der Waals surface area (Å²) in [7, 11) is 0. The van der Waals surface area contributed by atoms with Crippen molar-refractivity contribution in [1.29, 1.82) is 0 Å². The van der Waals surface area contributed by atoms with Gasteiger partial charge in [-0.25, -0.2) is 0 Å². The molecule has 0 spiro atoms. The highest BCUT2D eigenvalue weighted by Gasteiger charge is 2.31. The zero-order valence-corrected chi connectivity index (χ0v) is 14.2. The number of nitrogens with one attached hydrogen (secondary N) is 1. The van der Waals surface area contributed by atoms with Gasteiger partial charge in [0.1, 0.15) is 0 Å². The molecule has 0 aliphatic carbocycles. The first kappa shape index (κ1) is 13.6. The molecule has 1 unspecified atom stereocenters. The molecule has 1 atom stereocenters. The standard InChI is InChI=1S/C13H18BrIN2/c1-9-7-16-13(2,3)8-17(9)12-6-10(14)4-5-11(12)15/h4-6,9,16H,7-8H2,1-3H3. The fourth-order valence-electron chi connectivity index (χ4n) is 2.20. The minimum Gasteiger partial charge on any atom is -0.365 e. The second kappa shape index (κ2) is 5.05. The molecule has 17 heavy (non-hydrogen) atoms. The van der Waals surface area contributed by atoms with E-state index in [2.05, 4.69) is 87.7 Å². The van der Waals surface area contributed by atoms with Crippen LogP contribution in [0.2, 0.25) is 0 Å². The van der Waals surface area contributed by atoms with Crippen LogP contribution in [0.25, 0.3) is 0 Å². The maximum atomic E-state index is 3.59. The average molecular weight is 409 g/mol. The van der Waals surface area contributed by atoms with Crippen molar-refractivity contribution in [2.45, 2.75) is 32.4 Å². The van der Waals surface area contributed by atoms with E-state index >= 15 is 0 Å². The van der Waals surface area contributed by atoms with Gasteiger partial charge in [0.15, 0.2) is 0 Å². The van der Waals surface area contributed by atoms with E-state index in [4.69, 9.17) is 0 Å². The molecule has 0 bridgehead atoms. The number of anilines is 1. The molecule has 4 heteroatoms. The molecule has 0 saturated carbocycles. The predicted octanol–water partition coefficient (Wildman–Crippen LogP) is 3.63. The van der Waals surface area contributed by atoms with E-state index in [0.29, 0.717) is 6.04 Å². The predicted molar refractivity (Wildman–Crippen MR) is 85.7 cm³/mol. The molecule has 1 aliphatic heterocycles. The van der Waals surface area contributed by atoms with E-state index in [1.807, 2.05) is 0 Å². The molecule has 1 saturated heterocycles. The van der Waals surface area contributed by atoms with Crippen molar-refractivity contribution in [1.82, 2.24) is 5.32 Å². The number of hydrogen-bond donors (Lipinski definition) is 1. The van der Waals surface area contributed by atoms with E-state index in [0.717, 1.165) is 17.6 Å². The van der Waals surface area contributed by atoms with Crippen molar-refractivity contribution in [3.05, 3.63) is 26.2 Å². The van der Waals surface area contributed by atoms with Crippen LogP contribution >= 0.6 is 38.5 Å². The minimum atomic E-state index is 0.178. The van der Waals surface area contributed by atoms with Gasteiger partial charge in [0.25, 0.3) is 0 Å². The normalized spacial score (nSPS) is 23.8. The lowest BCUT2D eigenvalue weighted by atomic mass is 9.98. The van der Waals surface area contributed by atoms with E-state index in [1.54, 1.807) is 0 Å². The van der Waals surface area contributed by atoms with Gasteiger partial charge in [-0.1, -0.05) is 15.9 Å². The second-order valence-electron chi connectivity index (χ2n) is 5.34. The first-order valence-corrected chi connectivity index (χ1v) is 7.73. The molecule has 94 valence electrons. The largest absolute Gasteiger partial charge is 0.365 e. The lowest BCUT2D eigenvalue weighted by molar-refractivity contribution is 0.318. The van der Waals surface area contributed by atoms with Crippen molar-refractivity contribution in [2.24, 2.45) is 0 Å². The van der Waals surface area contributed by atoms with Gasteiger partial charge in [-0.3, -0.25) is 0 Å². The van der Waals surface area contributed by atoms with Crippen LogP contribution < -0.4 is 10.2 Å². The number of rotatable bonds is 1. The Kier molecular flexibility index (Phi) is 4.05. The molecule has 0 aromatic heterocycles. The Morgan fingerprint density at radius 2 is 2.18 bits per heavy atom. The molecule has 0 amide bonds. The maximum absolute atomic E-state index is 3.59. The third kappa shape index (κ3) is 3.15. The summed E-state index contributed by atoms with van der Waals surface area (Å²) in [6.45, 7) is 8.88. The van der Waals surface area contributed by atoms with Crippen LogP contribution in [-0.2, 0) is 0 Å². The number of benzene rings is 1. The lowest BCUT2D eigenvalue weighted by Gasteiger charge is -2.45. The molecular formula is C13H18BrIN2. The SMILES string of the molecule is CC1CNC(C)(C)CN1c1cc(Br)ccc1I. The van der Waals surface area contributed by atoms with Crippen LogP contribution in [0.4, 0.5) is 5.69 Å². The van der Waals surface area contributed by atoms with Gasteiger partial charge in [0.05, 0.1) is 5.69 Å². The molecule has 1 aromatic rings. The highest BCUT2D eigenvalue weighted by atomic mass is 127. The number of hydrogen-bond acceptors (Lipinski definition) is 2. The van der Waals surface area contributed by atoms with Crippen LogP contribution in [0.1, 0.15) is 20.8 Å². The van der Waals surface area contributed by atoms with E-state index < -0.39 is 0 Å². The fourth-order valence-corrected chi connectivity index (χ4v) is 3.19. The van der Waals surface area contributed by atoms with Crippen molar-refractivity contribution in [3.63, 3.8) is 0 Å². The van der Waals surface area contributed by atoms with Crippen molar-refractivity contribution in [2.75, 3.05) is 18.0 Å². The van der Waals surface area contributed by atoms with Crippen molar-refractivity contribution < 1.29 is 0 Å². The molecule has 1 heterocycles. The Hall–Kier alpha value is 0.190. The Labute approximate surface area is 125 Å². The van der Waals surface area contributed by atoms with E-state index in [-0.39, 0.29) is 5.54 Å². The highest BCUT2D eigenvalue weighted by Crippen LogP contribution is 2.30. The molecule has 1 aromatic carbocycles. The summed E-state index contributed by atoms with van der Waals surface area (Å²) in [6, 6.07) is 7.02. The first-order valence-electron chi connectivity index (χ1n) is 5.86. The van der Waals surface area contributed by atoms with Crippen LogP contribution in [0, 0.1) is 3.57 Å². The van der Waals surface area contributed by atoms with E-state index in [1.165, 1.54) is 9.26 Å². The van der Waals surface area contributed by atoms with Gasteiger partial charge in [0, 0.05) is 32.7 Å². The number of nitrogens with zero attached hydrogens (tertiary/aromatic N) is 1. The third-order valence-electron chi connectivity index (χ3n) is 3.19. The second-order valence-corrected chi connectivity index (χ2v) is 7.42. The van der Waals surface area contributed by atoms with Gasteiger partial charge in [-0.2, -0.15) is 0 Å². The molecule has 0 radical (unpaired) electrons. The Morgan fingerprint density at radius 1 is 1.47 bits per heavy atom. The summed E-state index contributed by atoms with van der Waals surface area (Å²) in [4.78, 5) is 2.50. The highest BCUT2D eigenvalue weighted by molar-refractivity contribution is 14.1.